The highest BCUT2D eigenvalue weighted by Crippen LogP contribution is 2.32. The number of carbonyl (C=O) groups is 1. The Bertz CT molecular complexity index is 1130. The highest BCUT2D eigenvalue weighted by atomic mass is 16.1. The summed E-state index contributed by atoms with van der Waals surface area (Å²) in [4.78, 5) is 13.1. The normalized spacial score (nSPS) is 21.6. The summed E-state index contributed by atoms with van der Waals surface area (Å²) in [5.41, 5.74) is 12.2. The van der Waals surface area contributed by atoms with Crippen LogP contribution in [0.3, 0.4) is 0 Å². The van der Waals surface area contributed by atoms with Crippen LogP contribution in [0.4, 0.5) is 0 Å². The van der Waals surface area contributed by atoms with E-state index in [1.165, 1.54) is 59.7 Å². The van der Waals surface area contributed by atoms with E-state index >= 15 is 0 Å². The standard InChI is InChI=1S/C30H39N3O/c1-21-7-5-6-10-27(21)23-11-16-29-28(17-23)24(20-33(29)19-22-8-3-2-4-9-22)18-30(34)32-26-14-12-25(31)13-15-26/h5-7,10-11,16-17,20,22,25-26H,2-4,8-9,12-15,18-19,31H2,1H3,(H,32,34)/t25-,26-. The zero-order valence-electron chi connectivity index (χ0n) is 20.6. The summed E-state index contributed by atoms with van der Waals surface area (Å²) in [5.74, 6) is 0.881. The largest absolute Gasteiger partial charge is 0.353 e. The summed E-state index contributed by atoms with van der Waals surface area (Å²) in [7, 11) is 0. The first-order valence-corrected chi connectivity index (χ1v) is 13.3. The van der Waals surface area contributed by atoms with Gasteiger partial charge in [-0.3, -0.25) is 4.79 Å². The van der Waals surface area contributed by atoms with Crippen LogP contribution in [0.15, 0.2) is 48.7 Å². The second-order valence-electron chi connectivity index (χ2n) is 10.7. The Morgan fingerprint density at radius 2 is 1.76 bits per heavy atom. The predicted molar refractivity (Wildman–Crippen MR) is 141 cm³/mol. The van der Waals surface area contributed by atoms with Crippen molar-refractivity contribution in [3.63, 3.8) is 0 Å². The Morgan fingerprint density at radius 3 is 2.53 bits per heavy atom. The van der Waals surface area contributed by atoms with E-state index in [1.807, 2.05) is 0 Å². The fourth-order valence-corrected chi connectivity index (χ4v) is 6.09. The fraction of sp³-hybridized carbons (Fsp3) is 0.500. The molecular weight excluding hydrogens is 418 g/mol. The van der Waals surface area contributed by atoms with Crippen molar-refractivity contribution < 1.29 is 4.79 Å². The van der Waals surface area contributed by atoms with Crippen LogP contribution in [0.2, 0.25) is 0 Å². The maximum absolute atomic E-state index is 13.1. The first-order valence-electron chi connectivity index (χ1n) is 13.3. The molecule has 1 aromatic heterocycles. The molecule has 0 spiro atoms. The molecule has 5 rings (SSSR count). The summed E-state index contributed by atoms with van der Waals surface area (Å²) in [6, 6.07) is 15.9. The molecule has 3 N–H and O–H groups in total. The first kappa shape index (κ1) is 23.2. The van der Waals surface area contributed by atoms with Crippen LogP contribution >= 0.6 is 0 Å². The SMILES string of the molecule is Cc1ccccc1-c1ccc2c(c1)c(CC(=O)N[C@H]1CC[C@H](N)CC1)cn2CC1CCCCC1. The van der Waals surface area contributed by atoms with E-state index in [-0.39, 0.29) is 11.9 Å². The molecule has 2 aliphatic carbocycles. The molecule has 4 nitrogen and oxygen atoms in total. The Hall–Kier alpha value is -2.59. The number of nitrogens with two attached hydrogens (primary N) is 1. The van der Waals surface area contributed by atoms with Crippen LogP contribution in [0, 0.1) is 12.8 Å². The van der Waals surface area contributed by atoms with Crippen LogP contribution < -0.4 is 11.1 Å². The minimum Gasteiger partial charge on any atom is -0.353 e. The van der Waals surface area contributed by atoms with Gasteiger partial charge in [-0.05, 0) is 85.8 Å². The molecule has 2 saturated carbocycles. The van der Waals surface area contributed by atoms with Crippen LogP contribution in [-0.4, -0.2) is 22.6 Å². The average Bonchev–Trinajstić information content (AvgIpc) is 3.17. The third-order valence-electron chi connectivity index (χ3n) is 8.09. The number of fused-ring (bicyclic) bond motifs is 1. The smallest absolute Gasteiger partial charge is 0.224 e. The van der Waals surface area contributed by atoms with Crippen molar-refractivity contribution in [1.29, 1.82) is 0 Å². The third kappa shape index (κ3) is 5.22. The van der Waals surface area contributed by atoms with Gasteiger partial charge in [0, 0.05) is 35.7 Å². The van der Waals surface area contributed by atoms with E-state index in [9.17, 15) is 4.79 Å². The van der Waals surface area contributed by atoms with Crippen molar-refractivity contribution in [2.45, 2.75) is 89.8 Å². The Morgan fingerprint density at radius 1 is 1.00 bits per heavy atom. The van der Waals surface area contributed by atoms with Gasteiger partial charge in [-0.2, -0.15) is 0 Å². The molecule has 1 heterocycles. The Kier molecular flexibility index (Phi) is 7.05. The summed E-state index contributed by atoms with van der Waals surface area (Å²) >= 11 is 0. The van der Waals surface area contributed by atoms with E-state index in [2.05, 4.69) is 65.5 Å². The van der Waals surface area contributed by atoms with Crippen molar-refractivity contribution in [3.8, 4) is 11.1 Å². The van der Waals surface area contributed by atoms with Crippen LogP contribution in [-0.2, 0) is 17.8 Å². The number of carbonyl (C=O) groups excluding carboxylic acids is 1. The minimum absolute atomic E-state index is 0.137. The molecule has 0 unspecified atom stereocenters. The van der Waals surface area contributed by atoms with Crippen molar-refractivity contribution in [1.82, 2.24) is 9.88 Å². The molecule has 0 radical (unpaired) electrons. The monoisotopic (exact) mass is 457 g/mol. The van der Waals surface area contributed by atoms with Gasteiger partial charge in [0.2, 0.25) is 5.91 Å². The van der Waals surface area contributed by atoms with Crippen molar-refractivity contribution >= 4 is 16.8 Å². The van der Waals surface area contributed by atoms with E-state index < -0.39 is 0 Å². The summed E-state index contributed by atoms with van der Waals surface area (Å²) in [6.07, 6.45) is 13.4. The number of amides is 1. The summed E-state index contributed by atoms with van der Waals surface area (Å²) in [6.45, 7) is 3.22. The van der Waals surface area contributed by atoms with Gasteiger partial charge in [0.25, 0.3) is 0 Å². The van der Waals surface area contributed by atoms with Crippen LogP contribution in [0.25, 0.3) is 22.0 Å². The topological polar surface area (TPSA) is 60.1 Å². The van der Waals surface area contributed by atoms with Gasteiger partial charge < -0.3 is 15.6 Å². The lowest BCUT2D eigenvalue weighted by molar-refractivity contribution is -0.121. The summed E-state index contributed by atoms with van der Waals surface area (Å²) < 4.78 is 2.43. The molecule has 34 heavy (non-hydrogen) atoms. The Balaban J connectivity index is 1.43. The lowest BCUT2D eigenvalue weighted by Gasteiger charge is -2.26. The van der Waals surface area contributed by atoms with E-state index in [4.69, 9.17) is 5.73 Å². The Labute approximate surface area is 203 Å². The number of aromatic nitrogens is 1. The molecule has 0 aliphatic heterocycles. The van der Waals surface area contributed by atoms with Crippen LogP contribution in [0.1, 0.15) is 68.9 Å². The number of nitrogens with zero attached hydrogens (tertiary/aromatic N) is 1. The average molecular weight is 458 g/mol. The zero-order valence-corrected chi connectivity index (χ0v) is 20.6. The predicted octanol–water partition coefficient (Wildman–Crippen LogP) is 6.13. The van der Waals surface area contributed by atoms with Crippen molar-refractivity contribution in [2.75, 3.05) is 0 Å². The van der Waals surface area contributed by atoms with Gasteiger partial charge in [0.1, 0.15) is 0 Å². The van der Waals surface area contributed by atoms with Gasteiger partial charge in [-0.1, -0.05) is 49.6 Å². The molecule has 3 aromatic rings. The van der Waals surface area contributed by atoms with Gasteiger partial charge in [-0.25, -0.2) is 0 Å². The number of hydrogen-bond donors (Lipinski definition) is 2. The van der Waals surface area contributed by atoms with Crippen LogP contribution in [0.5, 0.6) is 0 Å². The molecule has 0 saturated heterocycles. The lowest BCUT2D eigenvalue weighted by atomic mass is 9.89. The first-order chi connectivity index (χ1) is 16.6. The summed E-state index contributed by atoms with van der Waals surface area (Å²) in [5, 5.41) is 4.51. The van der Waals surface area contributed by atoms with Gasteiger partial charge in [0.15, 0.2) is 0 Å². The molecule has 0 atom stereocenters. The number of hydrogen-bond acceptors (Lipinski definition) is 2. The number of rotatable bonds is 6. The quantitative estimate of drug-likeness (QED) is 0.468. The molecule has 0 bridgehead atoms. The molecular formula is C30H39N3O. The molecule has 1 amide bonds. The van der Waals surface area contributed by atoms with Gasteiger partial charge >= 0.3 is 0 Å². The van der Waals surface area contributed by atoms with Gasteiger partial charge in [-0.15, -0.1) is 0 Å². The second-order valence-corrected chi connectivity index (χ2v) is 10.7. The molecule has 4 heteroatoms. The highest BCUT2D eigenvalue weighted by molar-refractivity contribution is 5.92. The maximum atomic E-state index is 13.1. The highest BCUT2D eigenvalue weighted by Gasteiger charge is 2.22. The number of benzene rings is 2. The van der Waals surface area contributed by atoms with Crippen molar-refractivity contribution in [3.05, 3.63) is 59.8 Å². The molecule has 180 valence electrons. The van der Waals surface area contributed by atoms with E-state index in [0.29, 0.717) is 12.5 Å². The third-order valence-corrected chi connectivity index (χ3v) is 8.09. The number of aryl methyl sites for hydroxylation is 1. The van der Waals surface area contributed by atoms with Gasteiger partial charge in [0.05, 0.1) is 6.42 Å². The lowest BCUT2D eigenvalue weighted by Crippen LogP contribution is -2.41. The molecule has 2 fully saturated rings. The van der Waals surface area contributed by atoms with Crippen molar-refractivity contribution in [2.24, 2.45) is 11.7 Å². The number of nitrogens with one attached hydrogen (secondary N) is 1. The van der Waals surface area contributed by atoms with E-state index in [0.717, 1.165) is 43.7 Å². The second kappa shape index (κ2) is 10.4. The minimum atomic E-state index is 0.137. The molecule has 2 aromatic carbocycles. The molecule has 2 aliphatic rings. The van der Waals surface area contributed by atoms with E-state index in [1.54, 1.807) is 0 Å². The fourth-order valence-electron chi connectivity index (χ4n) is 6.09. The maximum Gasteiger partial charge on any atom is 0.224 e. The zero-order chi connectivity index (χ0) is 23.5.